The zero-order chi connectivity index (χ0) is 23.9. The summed E-state index contributed by atoms with van der Waals surface area (Å²) < 4.78 is 10.5. The van der Waals surface area contributed by atoms with E-state index in [0.717, 1.165) is 32.0 Å². The van der Waals surface area contributed by atoms with Gasteiger partial charge in [0, 0.05) is 43.6 Å². The summed E-state index contributed by atoms with van der Waals surface area (Å²) in [6.45, 7) is 5.79. The van der Waals surface area contributed by atoms with Crippen molar-refractivity contribution in [3.8, 4) is 11.5 Å². The molecule has 0 unspecified atom stereocenters. The molecule has 1 fully saturated rings. The van der Waals surface area contributed by atoms with Crippen molar-refractivity contribution in [3.63, 3.8) is 0 Å². The number of nitrogens with one attached hydrogen (secondary N) is 1. The summed E-state index contributed by atoms with van der Waals surface area (Å²) >= 11 is 1.35. The van der Waals surface area contributed by atoms with Crippen LogP contribution in [0.15, 0.2) is 59.6 Å². The van der Waals surface area contributed by atoms with Crippen molar-refractivity contribution in [2.75, 3.05) is 61.3 Å². The number of carbonyl (C=O) groups is 1. The van der Waals surface area contributed by atoms with E-state index in [1.54, 1.807) is 32.4 Å². The zero-order valence-corrected chi connectivity index (χ0v) is 20.5. The first-order chi connectivity index (χ1) is 16.6. The maximum Gasteiger partial charge on any atom is 0.234 e. The third-order valence-corrected chi connectivity index (χ3v) is 6.53. The third kappa shape index (κ3) is 5.91. The molecule has 2 heterocycles. The Morgan fingerprint density at radius 2 is 1.71 bits per heavy atom. The standard InChI is InChI=1S/C25H29N5O3S/c1-18-5-4-6-20(15-18)29-11-13-30(14-12-29)23-9-10-25(28-27-23)34-17-24(31)26-19-7-8-21(32-2)22(16-19)33-3/h4-10,15-16H,11-14,17H2,1-3H3,(H,26,31). The molecule has 8 nitrogen and oxygen atoms in total. The van der Waals surface area contributed by atoms with Crippen LogP contribution in [0.3, 0.4) is 0 Å². The summed E-state index contributed by atoms with van der Waals surface area (Å²) in [5, 5.41) is 12.3. The van der Waals surface area contributed by atoms with Gasteiger partial charge in [0.2, 0.25) is 5.91 Å². The summed E-state index contributed by atoms with van der Waals surface area (Å²) in [6.07, 6.45) is 0. The van der Waals surface area contributed by atoms with Crippen LogP contribution in [0.1, 0.15) is 5.56 Å². The highest BCUT2D eigenvalue weighted by Gasteiger charge is 2.19. The van der Waals surface area contributed by atoms with Gasteiger partial charge in [-0.25, -0.2) is 0 Å². The minimum Gasteiger partial charge on any atom is -0.493 e. The second-order valence-electron chi connectivity index (χ2n) is 7.95. The summed E-state index contributed by atoms with van der Waals surface area (Å²) in [6, 6.07) is 17.8. The van der Waals surface area contributed by atoms with Crippen molar-refractivity contribution in [2.24, 2.45) is 0 Å². The second kappa shape index (κ2) is 11.1. The topological polar surface area (TPSA) is 79.8 Å². The van der Waals surface area contributed by atoms with Gasteiger partial charge in [-0.05, 0) is 48.9 Å². The Labute approximate surface area is 204 Å². The van der Waals surface area contributed by atoms with E-state index in [9.17, 15) is 4.79 Å². The maximum absolute atomic E-state index is 12.4. The quantitative estimate of drug-likeness (QED) is 0.488. The summed E-state index contributed by atoms with van der Waals surface area (Å²) in [5.74, 6) is 2.15. The number of amides is 1. The van der Waals surface area contributed by atoms with Gasteiger partial charge in [-0.1, -0.05) is 23.9 Å². The first-order valence-corrected chi connectivity index (χ1v) is 12.1. The Hall–Kier alpha value is -3.46. The van der Waals surface area contributed by atoms with Gasteiger partial charge in [0.05, 0.1) is 20.0 Å². The number of thioether (sulfide) groups is 1. The van der Waals surface area contributed by atoms with E-state index < -0.39 is 0 Å². The van der Waals surface area contributed by atoms with Crippen molar-refractivity contribution < 1.29 is 14.3 Å². The van der Waals surface area contributed by atoms with Gasteiger partial charge in [0.15, 0.2) is 17.3 Å². The molecule has 0 atom stereocenters. The van der Waals surface area contributed by atoms with Gasteiger partial charge in [0.25, 0.3) is 0 Å². The SMILES string of the molecule is COc1ccc(NC(=O)CSc2ccc(N3CCN(c4cccc(C)c4)CC3)nn2)cc1OC. The lowest BCUT2D eigenvalue weighted by Crippen LogP contribution is -2.46. The molecule has 0 aliphatic carbocycles. The molecule has 1 aromatic heterocycles. The summed E-state index contributed by atoms with van der Waals surface area (Å²) in [7, 11) is 3.14. The fraction of sp³-hybridized carbons (Fsp3) is 0.320. The van der Waals surface area contributed by atoms with E-state index in [0.29, 0.717) is 22.2 Å². The van der Waals surface area contributed by atoms with Crippen LogP contribution in [-0.2, 0) is 4.79 Å². The molecule has 0 radical (unpaired) electrons. The van der Waals surface area contributed by atoms with Gasteiger partial charge < -0.3 is 24.6 Å². The van der Waals surface area contributed by atoms with E-state index in [1.807, 2.05) is 12.1 Å². The first-order valence-electron chi connectivity index (χ1n) is 11.1. The average molecular weight is 480 g/mol. The summed E-state index contributed by atoms with van der Waals surface area (Å²) in [5.41, 5.74) is 3.19. The molecular weight excluding hydrogens is 450 g/mol. The fourth-order valence-corrected chi connectivity index (χ4v) is 4.44. The van der Waals surface area contributed by atoms with Gasteiger partial charge in [-0.15, -0.1) is 10.2 Å². The highest BCUT2D eigenvalue weighted by atomic mass is 32.2. The van der Waals surface area contributed by atoms with Gasteiger partial charge in [0.1, 0.15) is 5.03 Å². The first kappa shape index (κ1) is 23.7. The highest BCUT2D eigenvalue weighted by Crippen LogP contribution is 2.30. The van der Waals surface area contributed by atoms with Crippen molar-refractivity contribution in [2.45, 2.75) is 11.9 Å². The molecule has 2 aromatic carbocycles. The number of hydrogen-bond donors (Lipinski definition) is 1. The lowest BCUT2D eigenvalue weighted by Gasteiger charge is -2.36. The van der Waals surface area contributed by atoms with E-state index >= 15 is 0 Å². The number of piperazine rings is 1. The number of nitrogens with zero attached hydrogens (tertiary/aromatic N) is 4. The van der Waals surface area contributed by atoms with Gasteiger partial charge in [-0.3, -0.25) is 4.79 Å². The van der Waals surface area contributed by atoms with E-state index in [4.69, 9.17) is 9.47 Å². The second-order valence-corrected chi connectivity index (χ2v) is 8.95. The smallest absolute Gasteiger partial charge is 0.234 e. The van der Waals surface area contributed by atoms with Crippen molar-refractivity contribution >= 4 is 34.9 Å². The number of rotatable bonds is 8. The van der Waals surface area contributed by atoms with Gasteiger partial charge >= 0.3 is 0 Å². The lowest BCUT2D eigenvalue weighted by molar-refractivity contribution is -0.113. The number of aryl methyl sites for hydroxylation is 1. The average Bonchev–Trinajstić information content (AvgIpc) is 2.88. The monoisotopic (exact) mass is 479 g/mol. The minimum absolute atomic E-state index is 0.129. The Morgan fingerprint density at radius 1 is 0.941 bits per heavy atom. The van der Waals surface area contributed by atoms with Crippen LogP contribution >= 0.6 is 11.8 Å². The molecule has 1 saturated heterocycles. The normalized spacial score (nSPS) is 13.5. The molecule has 178 valence electrons. The van der Waals surface area contributed by atoms with Crippen LogP contribution in [0.5, 0.6) is 11.5 Å². The Kier molecular flexibility index (Phi) is 7.74. The van der Waals surface area contributed by atoms with Crippen LogP contribution in [0.4, 0.5) is 17.2 Å². The molecule has 4 rings (SSSR count). The minimum atomic E-state index is -0.129. The van der Waals surface area contributed by atoms with Crippen LogP contribution in [0, 0.1) is 6.92 Å². The molecule has 34 heavy (non-hydrogen) atoms. The molecule has 0 bridgehead atoms. The number of aromatic nitrogens is 2. The molecule has 1 amide bonds. The fourth-order valence-electron chi connectivity index (χ4n) is 3.83. The van der Waals surface area contributed by atoms with Crippen LogP contribution in [0.25, 0.3) is 0 Å². The Bertz CT molecular complexity index is 1120. The predicted molar refractivity (Wildman–Crippen MR) is 137 cm³/mol. The van der Waals surface area contributed by atoms with E-state index in [1.165, 1.54) is 23.0 Å². The molecule has 0 spiro atoms. The number of hydrogen-bond acceptors (Lipinski definition) is 8. The Morgan fingerprint density at radius 3 is 2.38 bits per heavy atom. The van der Waals surface area contributed by atoms with Crippen molar-refractivity contribution in [1.82, 2.24) is 10.2 Å². The number of methoxy groups -OCH3 is 2. The molecule has 1 aliphatic heterocycles. The van der Waals surface area contributed by atoms with Crippen LogP contribution in [0.2, 0.25) is 0 Å². The number of carbonyl (C=O) groups excluding carboxylic acids is 1. The van der Waals surface area contributed by atoms with E-state index in [2.05, 4.69) is 56.5 Å². The third-order valence-electron chi connectivity index (χ3n) is 5.61. The number of anilines is 3. The molecule has 9 heteroatoms. The lowest BCUT2D eigenvalue weighted by atomic mass is 10.2. The summed E-state index contributed by atoms with van der Waals surface area (Å²) in [4.78, 5) is 17.0. The molecular formula is C25H29N5O3S. The highest BCUT2D eigenvalue weighted by molar-refractivity contribution is 7.99. The van der Waals surface area contributed by atoms with Crippen molar-refractivity contribution in [1.29, 1.82) is 0 Å². The number of benzene rings is 2. The van der Waals surface area contributed by atoms with Crippen molar-refractivity contribution in [3.05, 3.63) is 60.2 Å². The molecule has 3 aromatic rings. The van der Waals surface area contributed by atoms with E-state index in [-0.39, 0.29) is 11.7 Å². The van der Waals surface area contributed by atoms with Gasteiger partial charge in [-0.2, -0.15) is 0 Å². The molecule has 1 N–H and O–H groups in total. The predicted octanol–water partition coefficient (Wildman–Crippen LogP) is 3.86. The molecule has 1 aliphatic rings. The Balaban J connectivity index is 1.26. The maximum atomic E-state index is 12.4. The number of ether oxygens (including phenoxy) is 2. The zero-order valence-electron chi connectivity index (χ0n) is 19.7. The van der Waals surface area contributed by atoms with Crippen LogP contribution < -0.4 is 24.6 Å². The molecule has 0 saturated carbocycles. The van der Waals surface area contributed by atoms with Crippen LogP contribution in [-0.4, -0.2) is 62.3 Å². The largest absolute Gasteiger partial charge is 0.493 e.